The second kappa shape index (κ2) is 5.93. The van der Waals surface area contributed by atoms with Crippen molar-refractivity contribution < 1.29 is 4.79 Å². The molecule has 0 aliphatic carbocycles. The molecule has 2 aromatic rings. The number of benzene rings is 1. The first-order chi connectivity index (χ1) is 9.13. The van der Waals surface area contributed by atoms with E-state index in [0.717, 1.165) is 23.0 Å². The zero-order chi connectivity index (χ0) is 13.8. The van der Waals surface area contributed by atoms with E-state index in [0.29, 0.717) is 0 Å². The molecule has 5 heteroatoms. The van der Waals surface area contributed by atoms with Crippen molar-refractivity contribution in [2.24, 2.45) is 5.73 Å². The zero-order valence-corrected chi connectivity index (χ0v) is 11.9. The lowest BCUT2D eigenvalue weighted by atomic mass is 10.2. The molecule has 0 spiro atoms. The molecule has 4 nitrogen and oxygen atoms in total. The molecule has 0 saturated carbocycles. The monoisotopic (exact) mass is 275 g/mol. The number of hydrogen-bond acceptors (Lipinski definition) is 3. The Morgan fingerprint density at radius 3 is 2.68 bits per heavy atom. The van der Waals surface area contributed by atoms with Crippen LogP contribution in [0.5, 0.6) is 0 Å². The third kappa shape index (κ3) is 2.98. The summed E-state index contributed by atoms with van der Waals surface area (Å²) in [5, 5.41) is 0.545. The maximum atomic E-state index is 11.1. The fraction of sp³-hybridized carbons (Fsp3) is 0.286. The van der Waals surface area contributed by atoms with Crippen LogP contribution in [0.1, 0.15) is 13.8 Å². The first kappa shape index (κ1) is 13.7. The molecule has 0 aliphatic heterocycles. The van der Waals surface area contributed by atoms with Crippen LogP contribution in [0.4, 0.5) is 0 Å². The zero-order valence-electron chi connectivity index (χ0n) is 11.0. The van der Waals surface area contributed by atoms with Gasteiger partial charge in [-0.15, -0.1) is 0 Å². The highest BCUT2D eigenvalue weighted by Crippen LogP contribution is 2.28. The third-order valence-corrected chi connectivity index (χ3v) is 4.01. The van der Waals surface area contributed by atoms with Gasteiger partial charge >= 0.3 is 0 Å². The standard InChI is InChI=1S/C14H17N3OS/c1-3-17-12(11-7-5-4-6-8-11)9-16-14(17)19-10(2)13(15)18/h4-10H,3H2,1-2H3,(H2,15,18). The number of imidazole rings is 1. The summed E-state index contributed by atoms with van der Waals surface area (Å²) >= 11 is 1.40. The second-order valence-electron chi connectivity index (χ2n) is 4.20. The van der Waals surface area contributed by atoms with Crippen LogP contribution in [0.15, 0.2) is 41.7 Å². The molecule has 100 valence electrons. The quantitative estimate of drug-likeness (QED) is 0.853. The molecule has 1 amide bonds. The summed E-state index contributed by atoms with van der Waals surface area (Å²) in [6.07, 6.45) is 1.84. The summed E-state index contributed by atoms with van der Waals surface area (Å²) < 4.78 is 2.10. The molecule has 1 aromatic heterocycles. The fourth-order valence-electron chi connectivity index (χ4n) is 1.81. The largest absolute Gasteiger partial charge is 0.369 e. The molecule has 1 aromatic carbocycles. The van der Waals surface area contributed by atoms with Gasteiger partial charge in [0.15, 0.2) is 5.16 Å². The Morgan fingerprint density at radius 1 is 1.42 bits per heavy atom. The van der Waals surface area contributed by atoms with Crippen molar-refractivity contribution in [3.8, 4) is 11.3 Å². The number of primary amides is 1. The lowest BCUT2D eigenvalue weighted by molar-refractivity contribution is -0.117. The highest BCUT2D eigenvalue weighted by Gasteiger charge is 2.16. The number of nitrogens with zero attached hydrogens (tertiary/aromatic N) is 2. The number of carbonyl (C=O) groups is 1. The first-order valence-electron chi connectivity index (χ1n) is 6.20. The van der Waals surface area contributed by atoms with Crippen molar-refractivity contribution in [3.63, 3.8) is 0 Å². The van der Waals surface area contributed by atoms with Gasteiger partial charge in [0.05, 0.1) is 17.1 Å². The summed E-state index contributed by atoms with van der Waals surface area (Å²) in [4.78, 5) is 15.5. The molecule has 0 saturated heterocycles. The SMILES string of the molecule is CCn1c(-c2ccccc2)cnc1SC(C)C(N)=O. The Labute approximate surface area is 117 Å². The summed E-state index contributed by atoms with van der Waals surface area (Å²) in [6, 6.07) is 10.1. The van der Waals surface area contributed by atoms with Gasteiger partial charge in [-0.25, -0.2) is 4.98 Å². The number of aromatic nitrogens is 2. The van der Waals surface area contributed by atoms with Crippen LogP contribution in [0.25, 0.3) is 11.3 Å². The summed E-state index contributed by atoms with van der Waals surface area (Å²) in [6.45, 7) is 4.66. The molecule has 1 heterocycles. The highest BCUT2D eigenvalue weighted by molar-refractivity contribution is 8.00. The van der Waals surface area contributed by atoms with Gasteiger partial charge in [0.1, 0.15) is 0 Å². The number of carbonyl (C=O) groups excluding carboxylic acids is 1. The van der Waals surface area contributed by atoms with Gasteiger partial charge in [-0.05, 0) is 19.4 Å². The van der Waals surface area contributed by atoms with Gasteiger partial charge in [-0.2, -0.15) is 0 Å². The van der Waals surface area contributed by atoms with Crippen LogP contribution in [0, 0.1) is 0 Å². The predicted octanol–water partition coefficient (Wildman–Crippen LogP) is 2.54. The minimum absolute atomic E-state index is 0.281. The number of amides is 1. The molecular weight excluding hydrogens is 258 g/mol. The topological polar surface area (TPSA) is 60.9 Å². The van der Waals surface area contributed by atoms with E-state index >= 15 is 0 Å². The Kier molecular flexibility index (Phi) is 4.27. The Balaban J connectivity index is 2.33. The Bertz CT molecular complexity index is 565. The molecule has 0 fully saturated rings. The molecular formula is C14H17N3OS. The van der Waals surface area contributed by atoms with Crippen LogP contribution < -0.4 is 5.73 Å². The Hall–Kier alpha value is -1.75. The van der Waals surface area contributed by atoms with Gasteiger partial charge in [-0.1, -0.05) is 42.1 Å². The fourth-order valence-corrected chi connectivity index (χ4v) is 2.71. The van der Waals surface area contributed by atoms with E-state index in [1.807, 2.05) is 24.4 Å². The molecule has 0 radical (unpaired) electrons. The summed E-state index contributed by atoms with van der Waals surface area (Å²) in [5.74, 6) is -0.322. The smallest absolute Gasteiger partial charge is 0.230 e. The number of nitrogens with two attached hydrogens (primary N) is 1. The maximum absolute atomic E-state index is 11.1. The maximum Gasteiger partial charge on any atom is 0.230 e. The molecule has 0 bridgehead atoms. The van der Waals surface area contributed by atoms with Crippen molar-refractivity contribution in [3.05, 3.63) is 36.5 Å². The average Bonchev–Trinajstić information content (AvgIpc) is 2.82. The third-order valence-electron chi connectivity index (χ3n) is 2.89. The van der Waals surface area contributed by atoms with Crippen LogP contribution in [0.3, 0.4) is 0 Å². The summed E-state index contributed by atoms with van der Waals surface area (Å²) in [7, 11) is 0. The van der Waals surface area contributed by atoms with Crippen molar-refractivity contribution in [1.82, 2.24) is 9.55 Å². The lowest BCUT2D eigenvalue weighted by Crippen LogP contribution is -2.23. The predicted molar refractivity (Wildman–Crippen MR) is 77.9 cm³/mol. The van der Waals surface area contributed by atoms with Crippen molar-refractivity contribution in [1.29, 1.82) is 0 Å². The minimum Gasteiger partial charge on any atom is -0.369 e. The van der Waals surface area contributed by atoms with Gasteiger partial charge in [0.25, 0.3) is 0 Å². The van der Waals surface area contributed by atoms with Gasteiger partial charge < -0.3 is 10.3 Å². The van der Waals surface area contributed by atoms with Crippen molar-refractivity contribution >= 4 is 17.7 Å². The normalized spacial score (nSPS) is 12.3. The number of hydrogen-bond donors (Lipinski definition) is 1. The molecule has 0 aliphatic rings. The van der Waals surface area contributed by atoms with E-state index in [4.69, 9.17) is 5.73 Å². The van der Waals surface area contributed by atoms with E-state index in [-0.39, 0.29) is 11.2 Å². The van der Waals surface area contributed by atoms with Gasteiger partial charge in [0.2, 0.25) is 5.91 Å². The van der Waals surface area contributed by atoms with E-state index in [2.05, 4.69) is 28.6 Å². The molecule has 19 heavy (non-hydrogen) atoms. The van der Waals surface area contributed by atoms with E-state index in [1.54, 1.807) is 6.92 Å². The molecule has 1 unspecified atom stereocenters. The van der Waals surface area contributed by atoms with Crippen molar-refractivity contribution in [2.45, 2.75) is 30.8 Å². The van der Waals surface area contributed by atoms with E-state index in [9.17, 15) is 4.79 Å². The van der Waals surface area contributed by atoms with Crippen molar-refractivity contribution in [2.75, 3.05) is 0 Å². The Morgan fingerprint density at radius 2 is 2.11 bits per heavy atom. The lowest BCUT2D eigenvalue weighted by Gasteiger charge is -2.11. The number of rotatable bonds is 5. The van der Waals surface area contributed by atoms with E-state index in [1.165, 1.54) is 11.8 Å². The summed E-state index contributed by atoms with van der Waals surface area (Å²) in [5.41, 5.74) is 7.47. The first-order valence-corrected chi connectivity index (χ1v) is 7.08. The van der Waals surface area contributed by atoms with Crippen LogP contribution in [-0.4, -0.2) is 20.7 Å². The van der Waals surface area contributed by atoms with E-state index < -0.39 is 0 Å². The van der Waals surface area contributed by atoms with Crippen LogP contribution in [-0.2, 0) is 11.3 Å². The van der Waals surface area contributed by atoms with Gasteiger partial charge in [0, 0.05) is 6.54 Å². The average molecular weight is 275 g/mol. The van der Waals surface area contributed by atoms with Crippen LogP contribution >= 0.6 is 11.8 Å². The molecule has 1 atom stereocenters. The van der Waals surface area contributed by atoms with Crippen LogP contribution in [0.2, 0.25) is 0 Å². The molecule has 2 rings (SSSR count). The van der Waals surface area contributed by atoms with Gasteiger partial charge in [-0.3, -0.25) is 4.79 Å². The molecule has 2 N–H and O–H groups in total. The highest BCUT2D eigenvalue weighted by atomic mass is 32.2. The number of thioether (sulfide) groups is 1. The second-order valence-corrected chi connectivity index (χ2v) is 5.51. The minimum atomic E-state index is -0.322.